The summed E-state index contributed by atoms with van der Waals surface area (Å²) in [5, 5.41) is 0. The van der Waals surface area contributed by atoms with Crippen LogP contribution in [0.4, 0.5) is 0 Å². The lowest BCUT2D eigenvalue weighted by molar-refractivity contribution is -0.105. The molecular weight excluding hydrogens is 126 g/mol. The highest BCUT2D eigenvalue weighted by molar-refractivity contribution is 5.71. The Hall–Kier alpha value is -0.630. The Morgan fingerprint density at radius 1 is 1.60 bits per heavy atom. The van der Waals surface area contributed by atoms with Crippen LogP contribution in [-0.2, 0) is 4.79 Å². The molecule has 2 nitrogen and oxygen atoms in total. The Labute approximate surface area is 62.5 Å². The summed E-state index contributed by atoms with van der Waals surface area (Å²) in [5.74, 6) is 0. The molecule has 0 N–H and O–H groups in total. The average Bonchev–Trinajstić information content (AvgIpc) is 1.87. The molecular formula is C8H15NO. The smallest absolute Gasteiger partial charge is 0.145 e. The molecule has 0 aromatic heterocycles. The molecule has 0 aliphatic rings. The van der Waals surface area contributed by atoms with Crippen molar-refractivity contribution in [3.05, 3.63) is 12.2 Å². The van der Waals surface area contributed by atoms with Crippen LogP contribution in [0.3, 0.4) is 0 Å². The second-order valence-electron chi connectivity index (χ2n) is 2.68. The molecule has 0 aromatic rings. The molecule has 0 spiro atoms. The van der Waals surface area contributed by atoms with Crippen molar-refractivity contribution in [2.75, 3.05) is 20.6 Å². The third-order valence-electron chi connectivity index (χ3n) is 1.27. The summed E-state index contributed by atoms with van der Waals surface area (Å²) < 4.78 is 0. The number of hydrogen-bond donors (Lipinski definition) is 0. The van der Waals surface area contributed by atoms with Gasteiger partial charge in [-0.1, -0.05) is 6.58 Å². The van der Waals surface area contributed by atoms with Crippen LogP contribution in [0, 0.1) is 0 Å². The van der Waals surface area contributed by atoms with E-state index in [9.17, 15) is 4.79 Å². The zero-order valence-electron chi connectivity index (χ0n) is 6.76. The summed E-state index contributed by atoms with van der Waals surface area (Å²) in [6.07, 6.45) is 2.67. The summed E-state index contributed by atoms with van der Waals surface area (Å²) in [6.45, 7) is 4.60. The van der Waals surface area contributed by atoms with Gasteiger partial charge in [0, 0.05) is 0 Å². The first kappa shape index (κ1) is 9.37. The van der Waals surface area contributed by atoms with Crippen molar-refractivity contribution in [3.63, 3.8) is 0 Å². The van der Waals surface area contributed by atoms with Crippen LogP contribution < -0.4 is 0 Å². The van der Waals surface area contributed by atoms with E-state index in [2.05, 4.69) is 11.5 Å². The fourth-order valence-corrected chi connectivity index (χ4v) is 0.681. The monoisotopic (exact) mass is 141 g/mol. The molecule has 0 fully saturated rings. The van der Waals surface area contributed by atoms with Gasteiger partial charge in [0.05, 0.1) is 0 Å². The molecule has 0 aliphatic heterocycles. The quantitative estimate of drug-likeness (QED) is 0.422. The maximum atomic E-state index is 10.1. The Kier molecular flexibility index (Phi) is 4.85. The van der Waals surface area contributed by atoms with Crippen molar-refractivity contribution in [2.45, 2.75) is 12.8 Å². The zero-order chi connectivity index (χ0) is 7.98. The molecule has 0 aliphatic carbocycles. The molecule has 0 heterocycles. The Morgan fingerprint density at radius 2 is 2.20 bits per heavy atom. The number of aldehydes is 1. The minimum absolute atomic E-state index is 0.696. The largest absolute Gasteiger partial charge is 0.309 e. The number of allylic oxidation sites excluding steroid dienone is 1. The standard InChI is InChI=1S/C8H15NO/c1-8(7-10)5-4-6-9(2)3/h7H,1,4-6H2,2-3H3. The predicted octanol–water partition coefficient (Wildman–Crippen LogP) is 1.08. The fraction of sp³-hybridized carbons (Fsp3) is 0.625. The SMILES string of the molecule is C=C(C=O)CCCN(C)C. The number of nitrogens with zero attached hydrogens (tertiary/aromatic N) is 1. The first-order chi connectivity index (χ1) is 4.66. The van der Waals surface area contributed by atoms with Crippen molar-refractivity contribution in [3.8, 4) is 0 Å². The maximum absolute atomic E-state index is 10.1. The van der Waals surface area contributed by atoms with Crippen LogP contribution in [0.1, 0.15) is 12.8 Å². The van der Waals surface area contributed by atoms with Gasteiger partial charge in [0.2, 0.25) is 0 Å². The van der Waals surface area contributed by atoms with Gasteiger partial charge in [-0.15, -0.1) is 0 Å². The van der Waals surface area contributed by atoms with Crippen LogP contribution >= 0.6 is 0 Å². The second-order valence-corrected chi connectivity index (χ2v) is 2.68. The lowest BCUT2D eigenvalue weighted by Crippen LogP contribution is -2.12. The summed E-state index contributed by atoms with van der Waals surface area (Å²) in [6, 6.07) is 0. The van der Waals surface area contributed by atoms with E-state index in [4.69, 9.17) is 0 Å². The van der Waals surface area contributed by atoms with Gasteiger partial charge in [-0.2, -0.15) is 0 Å². The molecule has 0 atom stereocenters. The maximum Gasteiger partial charge on any atom is 0.145 e. The van der Waals surface area contributed by atoms with Crippen molar-refractivity contribution >= 4 is 6.29 Å². The Morgan fingerprint density at radius 3 is 2.60 bits per heavy atom. The van der Waals surface area contributed by atoms with Crippen molar-refractivity contribution in [1.29, 1.82) is 0 Å². The molecule has 0 rings (SSSR count). The van der Waals surface area contributed by atoms with Crippen LogP contribution in [0.15, 0.2) is 12.2 Å². The lowest BCUT2D eigenvalue weighted by atomic mass is 10.2. The minimum Gasteiger partial charge on any atom is -0.309 e. The van der Waals surface area contributed by atoms with E-state index in [1.807, 2.05) is 14.1 Å². The van der Waals surface area contributed by atoms with E-state index >= 15 is 0 Å². The van der Waals surface area contributed by atoms with Gasteiger partial charge in [0.1, 0.15) is 6.29 Å². The predicted molar refractivity (Wildman–Crippen MR) is 43.0 cm³/mol. The Bertz CT molecular complexity index is 118. The number of rotatable bonds is 5. The van der Waals surface area contributed by atoms with Gasteiger partial charge in [0.15, 0.2) is 0 Å². The molecule has 0 bridgehead atoms. The highest BCUT2D eigenvalue weighted by atomic mass is 16.1. The van der Waals surface area contributed by atoms with E-state index in [1.165, 1.54) is 0 Å². The van der Waals surface area contributed by atoms with E-state index in [-0.39, 0.29) is 0 Å². The molecule has 0 unspecified atom stereocenters. The third-order valence-corrected chi connectivity index (χ3v) is 1.27. The Balaban J connectivity index is 3.19. The first-order valence-electron chi connectivity index (χ1n) is 3.44. The first-order valence-corrected chi connectivity index (χ1v) is 3.44. The second kappa shape index (κ2) is 5.18. The highest BCUT2D eigenvalue weighted by Crippen LogP contribution is 1.98. The van der Waals surface area contributed by atoms with Gasteiger partial charge in [0.25, 0.3) is 0 Å². The minimum atomic E-state index is 0.696. The molecule has 0 saturated heterocycles. The van der Waals surface area contributed by atoms with E-state index < -0.39 is 0 Å². The van der Waals surface area contributed by atoms with Crippen molar-refractivity contribution < 1.29 is 4.79 Å². The van der Waals surface area contributed by atoms with Gasteiger partial charge in [-0.05, 0) is 39.1 Å². The fourth-order valence-electron chi connectivity index (χ4n) is 0.681. The number of hydrogen-bond acceptors (Lipinski definition) is 2. The summed E-state index contributed by atoms with van der Waals surface area (Å²) in [7, 11) is 4.04. The van der Waals surface area contributed by atoms with Gasteiger partial charge in [-0.3, -0.25) is 4.79 Å². The van der Waals surface area contributed by atoms with Crippen molar-refractivity contribution in [2.24, 2.45) is 0 Å². The molecule has 0 radical (unpaired) electrons. The van der Waals surface area contributed by atoms with Crippen LogP contribution in [0.5, 0.6) is 0 Å². The van der Waals surface area contributed by atoms with Gasteiger partial charge in [-0.25, -0.2) is 0 Å². The van der Waals surface area contributed by atoms with Crippen molar-refractivity contribution in [1.82, 2.24) is 4.90 Å². The molecule has 2 heteroatoms. The number of carbonyl (C=O) groups excluding carboxylic acids is 1. The average molecular weight is 141 g/mol. The molecule has 10 heavy (non-hydrogen) atoms. The highest BCUT2D eigenvalue weighted by Gasteiger charge is 1.92. The molecule has 58 valence electrons. The van der Waals surface area contributed by atoms with Crippen LogP contribution in [0.25, 0.3) is 0 Å². The van der Waals surface area contributed by atoms with Crippen LogP contribution in [0.2, 0.25) is 0 Å². The van der Waals surface area contributed by atoms with E-state index in [0.717, 1.165) is 25.7 Å². The van der Waals surface area contributed by atoms with Gasteiger partial charge < -0.3 is 4.90 Å². The topological polar surface area (TPSA) is 20.3 Å². The molecule has 0 aromatic carbocycles. The normalized spacial score (nSPS) is 9.90. The van der Waals surface area contributed by atoms with Gasteiger partial charge >= 0.3 is 0 Å². The third kappa shape index (κ3) is 5.51. The molecule has 0 saturated carbocycles. The van der Waals surface area contributed by atoms with Crippen LogP contribution in [-0.4, -0.2) is 31.8 Å². The van der Waals surface area contributed by atoms with E-state index in [1.54, 1.807) is 0 Å². The van der Waals surface area contributed by atoms with E-state index in [0.29, 0.717) is 5.57 Å². The number of carbonyl (C=O) groups is 1. The summed E-state index contributed by atoms with van der Waals surface area (Å²) in [5.41, 5.74) is 0.696. The lowest BCUT2D eigenvalue weighted by Gasteiger charge is -2.07. The molecule has 0 amide bonds. The summed E-state index contributed by atoms with van der Waals surface area (Å²) >= 11 is 0. The zero-order valence-corrected chi connectivity index (χ0v) is 6.76. The summed E-state index contributed by atoms with van der Waals surface area (Å²) in [4.78, 5) is 12.2.